The quantitative estimate of drug-likeness (QED) is 0.668. The van der Waals surface area contributed by atoms with Crippen molar-refractivity contribution < 1.29 is 4.79 Å². The number of pyridine rings is 1. The molecule has 2 aromatic carbocycles. The van der Waals surface area contributed by atoms with E-state index in [2.05, 4.69) is 15.6 Å². The Morgan fingerprint density at radius 1 is 1.00 bits per heavy atom. The van der Waals surface area contributed by atoms with Gasteiger partial charge in [0, 0.05) is 29.9 Å². The first kappa shape index (κ1) is 17.0. The highest BCUT2D eigenvalue weighted by Gasteiger charge is 2.11. The smallest absolute Gasteiger partial charge is 0.252 e. The Hall–Kier alpha value is -2.88. The van der Waals surface area contributed by atoms with Gasteiger partial charge in [-0.3, -0.25) is 9.78 Å². The molecule has 3 rings (SSSR count). The predicted molar refractivity (Wildman–Crippen MR) is 103 cm³/mol. The van der Waals surface area contributed by atoms with Gasteiger partial charge >= 0.3 is 0 Å². The monoisotopic (exact) mass is 333 g/mol. The van der Waals surface area contributed by atoms with Crippen molar-refractivity contribution in [3.8, 4) is 0 Å². The fourth-order valence-electron chi connectivity index (χ4n) is 2.83. The van der Waals surface area contributed by atoms with Crippen LogP contribution in [-0.4, -0.2) is 24.0 Å². The van der Waals surface area contributed by atoms with Gasteiger partial charge in [-0.05, 0) is 50.6 Å². The summed E-state index contributed by atoms with van der Waals surface area (Å²) in [6, 6.07) is 17.9. The number of rotatable bonds is 6. The van der Waals surface area contributed by atoms with Gasteiger partial charge < -0.3 is 10.6 Å². The van der Waals surface area contributed by atoms with Crippen LogP contribution in [0.1, 0.15) is 28.0 Å². The van der Waals surface area contributed by atoms with Crippen LogP contribution in [0, 0.1) is 13.8 Å². The van der Waals surface area contributed by atoms with Gasteiger partial charge in [-0.2, -0.15) is 0 Å². The second-order valence-corrected chi connectivity index (χ2v) is 6.23. The van der Waals surface area contributed by atoms with E-state index in [0.29, 0.717) is 12.1 Å². The molecule has 0 radical (unpaired) electrons. The molecule has 0 spiro atoms. The van der Waals surface area contributed by atoms with Crippen LogP contribution in [0.3, 0.4) is 0 Å². The van der Waals surface area contributed by atoms with Gasteiger partial charge in [0.1, 0.15) is 0 Å². The number of fused-ring (bicyclic) bond motifs is 1. The molecule has 4 heteroatoms. The number of nitrogens with zero attached hydrogens (tertiary/aromatic N) is 1. The largest absolute Gasteiger partial charge is 0.385 e. The van der Waals surface area contributed by atoms with Crippen molar-refractivity contribution in [1.29, 1.82) is 0 Å². The van der Waals surface area contributed by atoms with Crippen molar-refractivity contribution in [2.75, 3.05) is 18.4 Å². The van der Waals surface area contributed by atoms with E-state index in [1.807, 2.05) is 68.4 Å². The maximum atomic E-state index is 12.6. The molecule has 128 valence electrons. The van der Waals surface area contributed by atoms with Gasteiger partial charge in [-0.1, -0.05) is 29.8 Å². The van der Waals surface area contributed by atoms with Crippen molar-refractivity contribution in [2.45, 2.75) is 20.3 Å². The number of carbonyl (C=O) groups is 1. The number of anilines is 1. The molecule has 2 N–H and O–H groups in total. The molecule has 0 saturated carbocycles. The summed E-state index contributed by atoms with van der Waals surface area (Å²) in [5.74, 6) is -0.0409. The highest BCUT2D eigenvalue weighted by atomic mass is 16.1. The van der Waals surface area contributed by atoms with Crippen LogP contribution in [0.2, 0.25) is 0 Å². The molecule has 0 aliphatic heterocycles. The van der Waals surface area contributed by atoms with E-state index < -0.39 is 0 Å². The molecule has 4 nitrogen and oxygen atoms in total. The van der Waals surface area contributed by atoms with Crippen molar-refractivity contribution in [3.63, 3.8) is 0 Å². The number of aryl methyl sites for hydroxylation is 2. The summed E-state index contributed by atoms with van der Waals surface area (Å²) >= 11 is 0. The Morgan fingerprint density at radius 3 is 2.60 bits per heavy atom. The van der Waals surface area contributed by atoms with E-state index in [4.69, 9.17) is 0 Å². The second-order valence-electron chi connectivity index (χ2n) is 6.23. The van der Waals surface area contributed by atoms with Gasteiger partial charge in [0.05, 0.1) is 11.1 Å². The molecule has 0 aliphatic rings. The molecular weight excluding hydrogens is 310 g/mol. The Labute approximate surface area is 148 Å². The first-order chi connectivity index (χ1) is 12.1. The van der Waals surface area contributed by atoms with E-state index in [-0.39, 0.29) is 5.91 Å². The molecule has 3 aromatic rings. The SMILES string of the molecule is Cc1ccc2nc(C)cc(C(=O)NCCCNc3ccccc3)c2c1. The van der Waals surface area contributed by atoms with Crippen molar-refractivity contribution >= 4 is 22.5 Å². The van der Waals surface area contributed by atoms with Gasteiger partial charge in [-0.25, -0.2) is 0 Å². The van der Waals surface area contributed by atoms with E-state index in [0.717, 1.165) is 40.8 Å². The number of amides is 1. The zero-order valence-electron chi connectivity index (χ0n) is 14.7. The fraction of sp³-hybridized carbons (Fsp3) is 0.238. The van der Waals surface area contributed by atoms with E-state index >= 15 is 0 Å². The van der Waals surface area contributed by atoms with Crippen LogP contribution in [-0.2, 0) is 0 Å². The van der Waals surface area contributed by atoms with Crippen molar-refractivity contribution in [1.82, 2.24) is 10.3 Å². The molecule has 0 saturated heterocycles. The third-order valence-electron chi connectivity index (χ3n) is 4.08. The molecule has 1 heterocycles. The Balaban J connectivity index is 1.60. The standard InChI is InChI=1S/C21H23N3O/c1-15-9-10-20-18(13-15)19(14-16(2)24-20)21(25)23-12-6-11-22-17-7-4-3-5-8-17/h3-5,7-10,13-14,22H,6,11-12H2,1-2H3,(H,23,25). The summed E-state index contributed by atoms with van der Waals surface area (Å²) in [6.07, 6.45) is 0.863. The molecular formula is C21H23N3O. The number of hydrogen-bond acceptors (Lipinski definition) is 3. The number of benzene rings is 2. The zero-order chi connectivity index (χ0) is 17.6. The Bertz CT molecular complexity index is 875. The molecule has 0 bridgehead atoms. The first-order valence-corrected chi connectivity index (χ1v) is 8.58. The highest BCUT2D eigenvalue weighted by molar-refractivity contribution is 6.06. The van der Waals surface area contributed by atoms with Crippen LogP contribution in [0.15, 0.2) is 54.6 Å². The zero-order valence-corrected chi connectivity index (χ0v) is 14.7. The average Bonchev–Trinajstić information content (AvgIpc) is 2.62. The predicted octanol–water partition coefficient (Wildman–Crippen LogP) is 4.08. The number of carbonyl (C=O) groups excluding carboxylic acids is 1. The van der Waals surface area contributed by atoms with Gasteiger partial charge in [0.25, 0.3) is 5.91 Å². The molecule has 0 fully saturated rings. The lowest BCUT2D eigenvalue weighted by atomic mass is 10.0. The molecule has 1 amide bonds. The highest BCUT2D eigenvalue weighted by Crippen LogP contribution is 2.20. The van der Waals surface area contributed by atoms with Crippen molar-refractivity contribution in [3.05, 3.63) is 71.4 Å². The van der Waals surface area contributed by atoms with Gasteiger partial charge in [-0.15, -0.1) is 0 Å². The molecule has 0 aliphatic carbocycles. The van der Waals surface area contributed by atoms with E-state index in [9.17, 15) is 4.79 Å². The number of aromatic nitrogens is 1. The Morgan fingerprint density at radius 2 is 1.80 bits per heavy atom. The fourth-order valence-corrected chi connectivity index (χ4v) is 2.83. The molecule has 25 heavy (non-hydrogen) atoms. The lowest BCUT2D eigenvalue weighted by Gasteiger charge is -2.10. The van der Waals surface area contributed by atoms with Crippen LogP contribution in [0.25, 0.3) is 10.9 Å². The molecule has 0 atom stereocenters. The topological polar surface area (TPSA) is 54.0 Å². The minimum atomic E-state index is -0.0409. The Kier molecular flexibility index (Phi) is 5.29. The second kappa shape index (κ2) is 7.79. The summed E-state index contributed by atoms with van der Waals surface area (Å²) in [6.45, 7) is 5.39. The minimum Gasteiger partial charge on any atom is -0.385 e. The van der Waals surface area contributed by atoms with E-state index in [1.165, 1.54) is 0 Å². The third-order valence-corrected chi connectivity index (χ3v) is 4.08. The van der Waals surface area contributed by atoms with Crippen LogP contribution >= 0.6 is 0 Å². The summed E-state index contributed by atoms with van der Waals surface area (Å²) in [4.78, 5) is 17.1. The average molecular weight is 333 g/mol. The van der Waals surface area contributed by atoms with E-state index in [1.54, 1.807) is 0 Å². The number of para-hydroxylation sites is 1. The summed E-state index contributed by atoms with van der Waals surface area (Å²) in [5, 5.41) is 7.27. The van der Waals surface area contributed by atoms with Gasteiger partial charge in [0.2, 0.25) is 0 Å². The number of hydrogen-bond donors (Lipinski definition) is 2. The third kappa shape index (κ3) is 4.35. The van der Waals surface area contributed by atoms with Crippen LogP contribution in [0.4, 0.5) is 5.69 Å². The van der Waals surface area contributed by atoms with Crippen molar-refractivity contribution in [2.24, 2.45) is 0 Å². The lowest BCUT2D eigenvalue weighted by Crippen LogP contribution is -2.26. The minimum absolute atomic E-state index is 0.0409. The summed E-state index contributed by atoms with van der Waals surface area (Å²) < 4.78 is 0. The summed E-state index contributed by atoms with van der Waals surface area (Å²) in [7, 11) is 0. The van der Waals surface area contributed by atoms with Crippen LogP contribution < -0.4 is 10.6 Å². The summed E-state index contributed by atoms with van der Waals surface area (Å²) in [5.41, 5.74) is 4.63. The van der Waals surface area contributed by atoms with Crippen LogP contribution in [0.5, 0.6) is 0 Å². The van der Waals surface area contributed by atoms with Gasteiger partial charge in [0.15, 0.2) is 0 Å². The maximum absolute atomic E-state index is 12.6. The number of nitrogens with one attached hydrogen (secondary N) is 2. The maximum Gasteiger partial charge on any atom is 0.252 e. The lowest BCUT2D eigenvalue weighted by molar-refractivity contribution is 0.0955. The molecule has 1 aromatic heterocycles. The molecule has 0 unspecified atom stereocenters. The normalized spacial score (nSPS) is 10.6. The first-order valence-electron chi connectivity index (χ1n) is 8.58.